The maximum Gasteiger partial charge on any atom is 0.241 e. The number of hydrogen-bond acceptors (Lipinski definition) is 4. The van der Waals surface area contributed by atoms with Gasteiger partial charge in [-0.3, -0.25) is 0 Å². The van der Waals surface area contributed by atoms with Crippen LogP contribution in [-0.2, 0) is 10.0 Å². The molecule has 1 saturated heterocycles. The van der Waals surface area contributed by atoms with Crippen LogP contribution in [0.5, 0.6) is 0 Å². The topological polar surface area (TPSA) is 75.4 Å². The van der Waals surface area contributed by atoms with Crippen molar-refractivity contribution in [3.63, 3.8) is 0 Å². The lowest BCUT2D eigenvalue weighted by Crippen LogP contribution is -2.46. The number of nitrogen functional groups attached to an aromatic ring is 1. The molecule has 1 unspecified atom stereocenters. The van der Waals surface area contributed by atoms with Crippen LogP contribution in [0.25, 0.3) is 0 Å². The molecule has 1 aliphatic rings. The highest BCUT2D eigenvalue weighted by atomic mass is 79.9. The van der Waals surface area contributed by atoms with Gasteiger partial charge in [-0.15, -0.1) is 0 Å². The van der Waals surface area contributed by atoms with Gasteiger partial charge in [-0.1, -0.05) is 15.9 Å². The second-order valence-corrected chi connectivity index (χ2v) is 7.94. The number of anilines is 1. The van der Waals surface area contributed by atoms with Crippen molar-refractivity contribution >= 4 is 31.6 Å². The van der Waals surface area contributed by atoms with Crippen molar-refractivity contribution in [2.75, 3.05) is 25.9 Å². The van der Waals surface area contributed by atoms with Crippen LogP contribution >= 0.6 is 15.9 Å². The number of likely N-dealkylation sites (N-methyl/N-ethyl adjacent to an activating group) is 1. The summed E-state index contributed by atoms with van der Waals surface area (Å²) < 4.78 is 28.5. The standard InChI is InChI=1S/C13H20BrN3O2S/c1-9-12(15)6-10(14)7-13(9)20(18,19)16-11-4-3-5-17(2)8-11/h6-7,11,16H,3-5,8,15H2,1-2H3. The van der Waals surface area contributed by atoms with Gasteiger partial charge in [0.2, 0.25) is 10.0 Å². The van der Waals surface area contributed by atoms with E-state index in [-0.39, 0.29) is 10.9 Å². The molecule has 1 aliphatic heterocycles. The first-order valence-electron chi connectivity index (χ1n) is 6.56. The lowest BCUT2D eigenvalue weighted by atomic mass is 10.1. The van der Waals surface area contributed by atoms with Crippen molar-refractivity contribution in [2.24, 2.45) is 0 Å². The Morgan fingerprint density at radius 3 is 2.80 bits per heavy atom. The minimum Gasteiger partial charge on any atom is -0.398 e. The number of rotatable bonds is 3. The maximum absolute atomic E-state index is 12.5. The number of sulfonamides is 1. The third kappa shape index (κ3) is 3.52. The molecule has 0 aliphatic carbocycles. The van der Waals surface area contributed by atoms with Crippen LogP contribution in [-0.4, -0.2) is 39.5 Å². The molecule has 0 saturated carbocycles. The zero-order valence-corrected chi connectivity index (χ0v) is 14.1. The van der Waals surface area contributed by atoms with Gasteiger partial charge in [0.05, 0.1) is 4.90 Å². The summed E-state index contributed by atoms with van der Waals surface area (Å²) in [5.74, 6) is 0. The highest BCUT2D eigenvalue weighted by Gasteiger charge is 2.25. The summed E-state index contributed by atoms with van der Waals surface area (Å²) in [6.45, 7) is 3.48. The summed E-state index contributed by atoms with van der Waals surface area (Å²) in [6, 6.07) is 3.27. The molecule has 1 heterocycles. The first kappa shape index (κ1) is 15.8. The van der Waals surface area contributed by atoms with Crippen LogP contribution in [0, 0.1) is 6.92 Å². The molecule has 0 spiro atoms. The van der Waals surface area contributed by atoms with E-state index in [0.717, 1.165) is 25.9 Å². The van der Waals surface area contributed by atoms with Gasteiger partial charge in [-0.05, 0) is 51.1 Å². The molecule has 20 heavy (non-hydrogen) atoms. The van der Waals surface area contributed by atoms with Gasteiger partial charge in [0.1, 0.15) is 0 Å². The predicted octanol–water partition coefficient (Wildman–Crippen LogP) is 1.71. The van der Waals surface area contributed by atoms with Gasteiger partial charge in [-0.2, -0.15) is 0 Å². The molecular weight excluding hydrogens is 342 g/mol. The van der Waals surface area contributed by atoms with E-state index in [1.54, 1.807) is 19.1 Å². The Bertz CT molecular complexity index is 604. The number of likely N-dealkylation sites (tertiary alicyclic amines) is 1. The number of benzene rings is 1. The SMILES string of the molecule is Cc1c(N)cc(Br)cc1S(=O)(=O)NC1CCCN(C)C1. The third-order valence-electron chi connectivity index (χ3n) is 3.60. The van der Waals surface area contributed by atoms with E-state index in [1.165, 1.54) is 0 Å². The van der Waals surface area contributed by atoms with E-state index < -0.39 is 10.0 Å². The van der Waals surface area contributed by atoms with Crippen molar-refractivity contribution in [1.82, 2.24) is 9.62 Å². The van der Waals surface area contributed by atoms with Gasteiger partial charge < -0.3 is 10.6 Å². The molecule has 5 nitrogen and oxygen atoms in total. The Labute approximate surface area is 128 Å². The summed E-state index contributed by atoms with van der Waals surface area (Å²) in [5.41, 5.74) is 6.90. The fourth-order valence-electron chi connectivity index (χ4n) is 2.50. The molecule has 0 radical (unpaired) electrons. The smallest absolute Gasteiger partial charge is 0.241 e. The van der Waals surface area contributed by atoms with E-state index in [2.05, 4.69) is 25.6 Å². The first-order valence-corrected chi connectivity index (χ1v) is 8.83. The first-order chi connectivity index (χ1) is 9.29. The summed E-state index contributed by atoms with van der Waals surface area (Å²) in [4.78, 5) is 2.39. The minimum atomic E-state index is -3.55. The Hall–Kier alpha value is -0.630. The fourth-order valence-corrected chi connectivity index (χ4v) is 4.69. The van der Waals surface area contributed by atoms with Crippen molar-refractivity contribution in [2.45, 2.75) is 30.7 Å². The molecule has 1 aromatic carbocycles. The lowest BCUT2D eigenvalue weighted by Gasteiger charge is -2.30. The highest BCUT2D eigenvalue weighted by Crippen LogP contribution is 2.26. The van der Waals surface area contributed by atoms with Gasteiger partial charge >= 0.3 is 0 Å². The van der Waals surface area contributed by atoms with E-state index >= 15 is 0 Å². The monoisotopic (exact) mass is 361 g/mol. The molecule has 0 bridgehead atoms. The largest absolute Gasteiger partial charge is 0.398 e. The number of nitrogens with zero attached hydrogens (tertiary/aromatic N) is 1. The van der Waals surface area contributed by atoms with Crippen LogP contribution in [0.3, 0.4) is 0 Å². The summed E-state index contributed by atoms with van der Waals surface area (Å²) >= 11 is 3.29. The molecule has 1 aromatic rings. The van der Waals surface area contributed by atoms with E-state index in [0.29, 0.717) is 15.7 Å². The zero-order valence-electron chi connectivity index (χ0n) is 11.7. The summed E-state index contributed by atoms with van der Waals surface area (Å²) in [5, 5.41) is 0. The molecule has 1 fully saturated rings. The molecule has 3 N–H and O–H groups in total. The number of halogens is 1. The Balaban J connectivity index is 2.26. The normalized spacial score (nSPS) is 21.1. The van der Waals surface area contributed by atoms with Gasteiger partial charge in [0.25, 0.3) is 0 Å². The zero-order chi connectivity index (χ0) is 14.9. The van der Waals surface area contributed by atoms with Crippen molar-refractivity contribution in [3.05, 3.63) is 22.2 Å². The lowest BCUT2D eigenvalue weighted by molar-refractivity contribution is 0.242. The quantitative estimate of drug-likeness (QED) is 0.803. The third-order valence-corrected chi connectivity index (χ3v) is 5.71. The van der Waals surface area contributed by atoms with Gasteiger partial charge in [-0.25, -0.2) is 13.1 Å². The average molecular weight is 362 g/mol. The Morgan fingerprint density at radius 1 is 1.45 bits per heavy atom. The minimum absolute atomic E-state index is 0.0432. The average Bonchev–Trinajstić information content (AvgIpc) is 2.33. The second kappa shape index (κ2) is 6.01. The number of piperidine rings is 1. The van der Waals surface area contributed by atoms with Crippen LogP contribution < -0.4 is 10.5 Å². The maximum atomic E-state index is 12.5. The van der Waals surface area contributed by atoms with Crippen LogP contribution in [0.15, 0.2) is 21.5 Å². The van der Waals surface area contributed by atoms with E-state index in [9.17, 15) is 8.42 Å². The van der Waals surface area contributed by atoms with Crippen molar-refractivity contribution in [1.29, 1.82) is 0 Å². The number of nitrogens with one attached hydrogen (secondary N) is 1. The second-order valence-electron chi connectivity index (χ2n) is 5.34. The van der Waals surface area contributed by atoms with Crippen molar-refractivity contribution in [3.8, 4) is 0 Å². The van der Waals surface area contributed by atoms with Gasteiger partial charge in [0.15, 0.2) is 0 Å². The fraction of sp³-hybridized carbons (Fsp3) is 0.538. The summed E-state index contributed by atoms with van der Waals surface area (Å²) in [7, 11) is -1.54. The molecule has 2 rings (SSSR count). The number of nitrogens with two attached hydrogens (primary N) is 1. The van der Waals surface area contributed by atoms with Crippen LogP contribution in [0.2, 0.25) is 0 Å². The Kier molecular flexibility index (Phi) is 4.73. The molecule has 0 amide bonds. The number of hydrogen-bond donors (Lipinski definition) is 2. The molecule has 1 atom stereocenters. The molecule has 0 aromatic heterocycles. The molecular formula is C13H20BrN3O2S. The van der Waals surface area contributed by atoms with Crippen LogP contribution in [0.1, 0.15) is 18.4 Å². The Morgan fingerprint density at radius 2 is 2.15 bits per heavy atom. The predicted molar refractivity (Wildman–Crippen MR) is 84.1 cm³/mol. The van der Waals surface area contributed by atoms with E-state index in [4.69, 9.17) is 5.73 Å². The summed E-state index contributed by atoms with van der Waals surface area (Å²) in [6.07, 6.45) is 1.87. The van der Waals surface area contributed by atoms with Gasteiger partial charge in [0, 0.05) is 22.7 Å². The van der Waals surface area contributed by atoms with Crippen molar-refractivity contribution < 1.29 is 8.42 Å². The van der Waals surface area contributed by atoms with E-state index in [1.807, 2.05) is 7.05 Å². The van der Waals surface area contributed by atoms with Crippen LogP contribution in [0.4, 0.5) is 5.69 Å². The molecule has 7 heteroatoms. The highest BCUT2D eigenvalue weighted by molar-refractivity contribution is 9.10. The molecule has 112 valence electrons.